The number of fused-ring (bicyclic) bond motifs is 2. The lowest BCUT2D eigenvalue weighted by Gasteiger charge is -2.17. The number of aliphatic hydroxyl groups is 2. The molecule has 9 nitrogen and oxygen atoms in total. The van der Waals surface area contributed by atoms with Gasteiger partial charge in [0.2, 0.25) is 0 Å². The van der Waals surface area contributed by atoms with Gasteiger partial charge in [-0.25, -0.2) is 15.0 Å². The number of ether oxygens (including phenoxy) is 1. The zero-order valence-electron chi connectivity index (χ0n) is 15.4. The number of rotatable bonds is 4. The van der Waals surface area contributed by atoms with Crippen molar-refractivity contribution in [2.45, 2.75) is 24.5 Å². The third kappa shape index (κ3) is 3.00. The van der Waals surface area contributed by atoms with E-state index in [1.54, 1.807) is 10.9 Å². The van der Waals surface area contributed by atoms with Gasteiger partial charge in [0.25, 0.3) is 0 Å². The third-order valence-corrected chi connectivity index (χ3v) is 5.24. The van der Waals surface area contributed by atoms with E-state index < -0.39 is 24.5 Å². The van der Waals surface area contributed by atoms with Crippen LogP contribution in [0.25, 0.3) is 21.9 Å². The van der Waals surface area contributed by atoms with Crippen LogP contribution in [0.4, 0.5) is 11.5 Å². The van der Waals surface area contributed by atoms with Crippen molar-refractivity contribution in [1.29, 1.82) is 0 Å². The number of imidazole rings is 1. The fourth-order valence-electron chi connectivity index (χ4n) is 3.70. The number of hydrogen-bond donors (Lipinski definition) is 4. The molecular weight excluding hydrogens is 372 g/mol. The number of nitrogens with two attached hydrogens (primary N) is 1. The molecule has 0 aliphatic carbocycles. The lowest BCUT2D eigenvalue weighted by atomic mass is 10.1. The van der Waals surface area contributed by atoms with Gasteiger partial charge in [-0.15, -0.1) is 0 Å². The van der Waals surface area contributed by atoms with Gasteiger partial charge in [-0.1, -0.05) is 30.3 Å². The van der Waals surface area contributed by atoms with E-state index in [1.807, 2.05) is 36.4 Å². The molecule has 0 unspecified atom stereocenters. The molecule has 1 aliphatic heterocycles. The van der Waals surface area contributed by atoms with E-state index in [4.69, 9.17) is 10.5 Å². The highest BCUT2D eigenvalue weighted by Gasteiger charge is 2.42. The summed E-state index contributed by atoms with van der Waals surface area (Å²) in [4.78, 5) is 13.1. The molecule has 2 aromatic heterocycles. The normalized spacial score (nSPS) is 24.4. The van der Waals surface area contributed by atoms with Crippen molar-refractivity contribution in [1.82, 2.24) is 19.5 Å². The number of hydrogen-bond acceptors (Lipinski definition) is 8. The SMILES string of the molecule is N[C@@H]1[C@H](O)[C@@H](CO)O[C@H]1n1cnc2c(Nc3ccc4ccccc4c3)ncnc21. The quantitative estimate of drug-likeness (QED) is 0.409. The van der Waals surface area contributed by atoms with E-state index in [-0.39, 0.29) is 6.61 Å². The Balaban J connectivity index is 1.50. The molecule has 3 heterocycles. The summed E-state index contributed by atoms with van der Waals surface area (Å²) in [5.41, 5.74) is 8.05. The monoisotopic (exact) mass is 392 g/mol. The first-order valence-electron chi connectivity index (χ1n) is 9.29. The number of nitrogens with zero attached hydrogens (tertiary/aromatic N) is 4. The van der Waals surface area contributed by atoms with E-state index in [0.717, 1.165) is 16.5 Å². The second-order valence-corrected chi connectivity index (χ2v) is 7.05. The first kappa shape index (κ1) is 18.0. The standard InChI is InChI=1S/C20H20N6O3/c21-15-17(28)14(8-27)29-20(15)26-10-24-16-18(22-9-23-19(16)26)25-13-6-5-11-3-1-2-4-12(11)7-13/h1-7,9-10,14-15,17,20,27-28H,8,21H2,(H,22,23,25)/t14-,15-,17-,20-/m1/s1. The summed E-state index contributed by atoms with van der Waals surface area (Å²) >= 11 is 0. The van der Waals surface area contributed by atoms with Crippen LogP contribution in [0.5, 0.6) is 0 Å². The van der Waals surface area contributed by atoms with Crippen molar-refractivity contribution >= 4 is 33.4 Å². The molecule has 4 aromatic rings. The molecule has 148 valence electrons. The molecule has 29 heavy (non-hydrogen) atoms. The van der Waals surface area contributed by atoms with Gasteiger partial charge < -0.3 is 26.0 Å². The highest BCUT2D eigenvalue weighted by Crippen LogP contribution is 2.31. The molecule has 0 spiro atoms. The largest absolute Gasteiger partial charge is 0.394 e. The Morgan fingerprint density at radius 1 is 1.10 bits per heavy atom. The minimum atomic E-state index is -0.973. The van der Waals surface area contributed by atoms with E-state index in [0.29, 0.717) is 17.0 Å². The maximum absolute atomic E-state index is 10.1. The van der Waals surface area contributed by atoms with E-state index in [1.165, 1.54) is 6.33 Å². The molecular formula is C20H20N6O3. The average molecular weight is 392 g/mol. The summed E-state index contributed by atoms with van der Waals surface area (Å²) in [6.07, 6.45) is 0.589. The van der Waals surface area contributed by atoms with Crippen LogP contribution < -0.4 is 11.1 Å². The molecule has 0 radical (unpaired) electrons. The van der Waals surface area contributed by atoms with Gasteiger partial charge in [0, 0.05) is 5.69 Å². The number of aliphatic hydroxyl groups excluding tert-OH is 2. The van der Waals surface area contributed by atoms with Crippen LogP contribution >= 0.6 is 0 Å². The molecule has 5 N–H and O–H groups in total. The minimum absolute atomic E-state index is 0.318. The van der Waals surface area contributed by atoms with Gasteiger partial charge >= 0.3 is 0 Å². The van der Waals surface area contributed by atoms with Crippen LogP contribution in [0.15, 0.2) is 55.1 Å². The van der Waals surface area contributed by atoms with Gasteiger partial charge in [0.05, 0.1) is 19.0 Å². The first-order valence-corrected chi connectivity index (χ1v) is 9.29. The molecule has 4 atom stereocenters. The van der Waals surface area contributed by atoms with Crippen LogP contribution in [0.3, 0.4) is 0 Å². The fraction of sp³-hybridized carbons (Fsp3) is 0.250. The van der Waals surface area contributed by atoms with E-state index >= 15 is 0 Å². The minimum Gasteiger partial charge on any atom is -0.394 e. The highest BCUT2D eigenvalue weighted by molar-refractivity contribution is 5.89. The molecule has 1 aliphatic rings. The lowest BCUT2D eigenvalue weighted by molar-refractivity contribution is -0.0437. The van der Waals surface area contributed by atoms with Crippen molar-refractivity contribution in [3.63, 3.8) is 0 Å². The molecule has 1 fully saturated rings. The average Bonchev–Trinajstić information content (AvgIpc) is 3.30. The Morgan fingerprint density at radius 2 is 1.93 bits per heavy atom. The number of aromatic nitrogens is 4. The molecule has 2 aromatic carbocycles. The van der Waals surface area contributed by atoms with Crippen molar-refractivity contribution in [2.75, 3.05) is 11.9 Å². The van der Waals surface area contributed by atoms with Crippen LogP contribution in [0.2, 0.25) is 0 Å². The number of benzene rings is 2. The lowest BCUT2D eigenvalue weighted by Crippen LogP contribution is -2.39. The van der Waals surface area contributed by atoms with Crippen LogP contribution in [-0.4, -0.2) is 54.6 Å². The summed E-state index contributed by atoms with van der Waals surface area (Å²) in [6.45, 7) is -0.318. The summed E-state index contributed by atoms with van der Waals surface area (Å²) < 4.78 is 7.37. The predicted octanol–water partition coefficient (Wildman–Crippen LogP) is 1.30. The van der Waals surface area contributed by atoms with Crippen molar-refractivity contribution < 1.29 is 14.9 Å². The Kier molecular flexibility index (Phi) is 4.36. The third-order valence-electron chi connectivity index (χ3n) is 5.24. The summed E-state index contributed by atoms with van der Waals surface area (Å²) in [7, 11) is 0. The maximum atomic E-state index is 10.1. The second kappa shape index (κ2) is 7.05. The summed E-state index contributed by atoms with van der Waals surface area (Å²) in [5.74, 6) is 0.551. The molecule has 9 heteroatoms. The molecule has 0 bridgehead atoms. The van der Waals surface area contributed by atoms with E-state index in [9.17, 15) is 10.2 Å². The zero-order chi connectivity index (χ0) is 20.0. The van der Waals surface area contributed by atoms with Crippen molar-refractivity contribution in [2.24, 2.45) is 5.73 Å². The Labute approximate surface area is 165 Å². The molecule has 0 amide bonds. The smallest absolute Gasteiger partial charge is 0.167 e. The van der Waals surface area contributed by atoms with Crippen molar-refractivity contribution in [3.05, 3.63) is 55.1 Å². The Bertz CT molecular complexity index is 1180. The van der Waals surface area contributed by atoms with Gasteiger partial charge in [-0.05, 0) is 22.9 Å². The maximum Gasteiger partial charge on any atom is 0.167 e. The Morgan fingerprint density at radius 3 is 2.72 bits per heavy atom. The predicted molar refractivity (Wildman–Crippen MR) is 108 cm³/mol. The first-order chi connectivity index (χ1) is 14.2. The molecule has 0 saturated carbocycles. The van der Waals surface area contributed by atoms with Gasteiger partial charge in [-0.3, -0.25) is 4.57 Å². The van der Waals surface area contributed by atoms with Gasteiger partial charge in [0.15, 0.2) is 23.2 Å². The Hall–Kier alpha value is -3.11. The number of anilines is 2. The van der Waals surface area contributed by atoms with Crippen LogP contribution in [0.1, 0.15) is 6.23 Å². The summed E-state index contributed by atoms with van der Waals surface area (Å²) in [6, 6.07) is 13.5. The van der Waals surface area contributed by atoms with Gasteiger partial charge in [-0.2, -0.15) is 0 Å². The fourth-order valence-corrected chi connectivity index (χ4v) is 3.70. The van der Waals surface area contributed by atoms with Crippen LogP contribution in [-0.2, 0) is 4.74 Å². The van der Waals surface area contributed by atoms with E-state index in [2.05, 4.69) is 26.3 Å². The number of nitrogens with one attached hydrogen (secondary N) is 1. The second-order valence-electron chi connectivity index (χ2n) is 7.05. The molecule has 5 rings (SSSR count). The zero-order valence-corrected chi connectivity index (χ0v) is 15.4. The summed E-state index contributed by atoms with van der Waals surface area (Å²) in [5, 5.41) is 25.1. The van der Waals surface area contributed by atoms with Gasteiger partial charge in [0.1, 0.15) is 18.5 Å². The highest BCUT2D eigenvalue weighted by atomic mass is 16.5. The van der Waals surface area contributed by atoms with Crippen LogP contribution in [0, 0.1) is 0 Å². The van der Waals surface area contributed by atoms with Crippen molar-refractivity contribution in [3.8, 4) is 0 Å². The topological polar surface area (TPSA) is 131 Å². The molecule has 1 saturated heterocycles.